The second-order valence-corrected chi connectivity index (χ2v) is 16.3. The Kier molecular flexibility index (Phi) is 9.69. The maximum Gasteiger partial charge on any atom is 0.262 e. The zero-order chi connectivity index (χ0) is 39.4. The molecule has 4 aromatic rings. The van der Waals surface area contributed by atoms with Crippen LogP contribution in [0.2, 0.25) is 5.02 Å². The van der Waals surface area contributed by atoms with Crippen LogP contribution in [0.1, 0.15) is 72.1 Å². The molecular weight excluding hydrogens is 750 g/mol. The Morgan fingerprint density at radius 1 is 0.930 bits per heavy atom. The average molecular weight is 794 g/mol. The number of halogens is 1. The number of para-hydroxylation sites is 1. The first-order chi connectivity index (χ1) is 27.5. The molecular formula is C41H44ClN9O6. The smallest absolute Gasteiger partial charge is 0.262 e. The number of carbonyl (C=O) groups excluding carboxylic acids is 5. The second kappa shape index (κ2) is 14.8. The van der Waals surface area contributed by atoms with Crippen LogP contribution < -0.4 is 15.5 Å². The largest absolute Gasteiger partial charge is 0.389 e. The molecule has 7 heterocycles. The van der Waals surface area contributed by atoms with Crippen LogP contribution >= 0.6 is 11.6 Å². The minimum absolute atomic E-state index is 0.0357. The van der Waals surface area contributed by atoms with Crippen LogP contribution in [0.15, 0.2) is 54.9 Å². The SMILES string of the molecule is O=C1CCC(N2C(=O)c3ccc(N4CCC(O)(CC(=O)N5CCC(N6CC[C@@H](Nc7ncc(Cl)c(-c8c[nH]c9ccccc89)n7)C6)CC5)CC4)cc3C2=O)C(=O)N1. The molecule has 0 saturated carbocycles. The van der Waals surface area contributed by atoms with Gasteiger partial charge in [-0.05, 0) is 62.8 Å². The molecule has 2 aromatic heterocycles. The minimum Gasteiger partial charge on any atom is -0.389 e. The van der Waals surface area contributed by atoms with E-state index in [2.05, 4.69) is 25.5 Å². The van der Waals surface area contributed by atoms with Gasteiger partial charge in [0.1, 0.15) is 6.04 Å². The van der Waals surface area contributed by atoms with E-state index in [1.807, 2.05) is 40.3 Å². The topological polar surface area (TPSA) is 184 Å². The van der Waals surface area contributed by atoms with Crippen LogP contribution in [-0.2, 0) is 14.4 Å². The fraction of sp³-hybridized carbons (Fsp3) is 0.439. The lowest BCUT2D eigenvalue weighted by Crippen LogP contribution is -2.54. The molecule has 9 rings (SSSR count). The van der Waals surface area contributed by atoms with E-state index in [-0.39, 0.29) is 42.3 Å². The molecule has 0 spiro atoms. The lowest BCUT2D eigenvalue weighted by Gasteiger charge is -2.41. The predicted octanol–water partition coefficient (Wildman–Crippen LogP) is 3.58. The highest BCUT2D eigenvalue weighted by atomic mass is 35.5. The van der Waals surface area contributed by atoms with Crippen molar-refractivity contribution >= 4 is 63.7 Å². The van der Waals surface area contributed by atoms with Crippen LogP contribution in [0, 0.1) is 0 Å². The summed E-state index contributed by atoms with van der Waals surface area (Å²) >= 11 is 6.55. The molecule has 5 aliphatic rings. The fourth-order valence-electron chi connectivity index (χ4n) is 9.20. The van der Waals surface area contributed by atoms with Crippen molar-refractivity contribution in [3.05, 3.63) is 71.0 Å². The standard InChI is InChI=1S/C41H44ClN9O6/c42-31-22-44-40(47-36(31)30-21-43-32-4-2-1-3-27(30)32)45-24-9-14-50(23-24)25-10-15-49(16-11-25)35(53)20-41(57)12-17-48(18-13-41)26-5-6-28-29(19-26)39(56)51(38(28)55)33-7-8-34(52)46-37(33)54/h1-6,19,21-22,24-25,33,43,57H,7-18,20,23H2,(H,44,45,47)(H,46,52,54)/t24-,33?/m1/s1. The summed E-state index contributed by atoms with van der Waals surface area (Å²) in [5.41, 5.74) is 2.67. The zero-order valence-electron chi connectivity index (χ0n) is 31.4. The number of nitrogens with zero attached hydrogens (tertiary/aromatic N) is 6. The molecule has 2 aromatic carbocycles. The number of hydrogen-bond donors (Lipinski definition) is 4. The summed E-state index contributed by atoms with van der Waals surface area (Å²) in [6.07, 6.45) is 7.24. The molecule has 16 heteroatoms. The van der Waals surface area contributed by atoms with E-state index in [9.17, 15) is 29.1 Å². The number of aromatic amines is 1. The number of rotatable bonds is 8. The number of aromatic nitrogens is 3. The molecule has 0 radical (unpaired) electrons. The van der Waals surface area contributed by atoms with Gasteiger partial charge in [-0.2, -0.15) is 0 Å². The maximum absolute atomic E-state index is 13.5. The molecule has 57 heavy (non-hydrogen) atoms. The van der Waals surface area contributed by atoms with E-state index >= 15 is 0 Å². The molecule has 5 amide bonds. The highest BCUT2D eigenvalue weighted by Crippen LogP contribution is 2.36. The van der Waals surface area contributed by atoms with Crippen LogP contribution in [0.5, 0.6) is 0 Å². The van der Waals surface area contributed by atoms with E-state index < -0.39 is 35.3 Å². The van der Waals surface area contributed by atoms with Crippen LogP contribution in [0.4, 0.5) is 11.6 Å². The Balaban J connectivity index is 0.745. The first kappa shape index (κ1) is 37.2. The quantitative estimate of drug-likeness (QED) is 0.191. The number of carbonyl (C=O) groups is 5. The number of imide groups is 2. The summed E-state index contributed by atoms with van der Waals surface area (Å²) < 4.78 is 0. The molecule has 1 unspecified atom stereocenters. The molecule has 2 atom stereocenters. The first-order valence-corrected chi connectivity index (χ1v) is 20.1. The molecule has 4 saturated heterocycles. The number of likely N-dealkylation sites (tertiary alicyclic amines) is 2. The van der Waals surface area contributed by atoms with Crippen LogP contribution in [-0.4, -0.2) is 127 Å². The van der Waals surface area contributed by atoms with E-state index in [4.69, 9.17) is 16.6 Å². The van der Waals surface area contributed by atoms with Gasteiger partial charge >= 0.3 is 0 Å². The maximum atomic E-state index is 13.5. The predicted molar refractivity (Wildman–Crippen MR) is 212 cm³/mol. The number of nitrogens with one attached hydrogen (secondary N) is 3. The number of aliphatic hydroxyl groups is 1. The summed E-state index contributed by atoms with van der Waals surface area (Å²) in [5.74, 6) is -1.66. The fourth-order valence-corrected chi connectivity index (χ4v) is 9.39. The minimum atomic E-state index is -1.14. The Bertz CT molecular complexity index is 2280. The van der Waals surface area contributed by atoms with Gasteiger partial charge in [-0.1, -0.05) is 29.8 Å². The third-order valence-electron chi connectivity index (χ3n) is 12.4. The number of piperidine rings is 3. The third kappa shape index (κ3) is 7.12. The van der Waals surface area contributed by atoms with Crippen molar-refractivity contribution in [3.8, 4) is 11.3 Å². The number of hydrogen-bond acceptors (Lipinski definition) is 11. The Morgan fingerprint density at radius 3 is 2.49 bits per heavy atom. The van der Waals surface area contributed by atoms with Gasteiger partial charge in [0, 0.05) is 86.1 Å². The van der Waals surface area contributed by atoms with Gasteiger partial charge in [-0.15, -0.1) is 0 Å². The molecule has 5 aliphatic heterocycles. The second-order valence-electron chi connectivity index (χ2n) is 15.9. The number of H-pyrrole nitrogens is 1. The summed E-state index contributed by atoms with van der Waals surface area (Å²) in [5, 5.41) is 18.8. The normalized spacial score (nSPS) is 23.0. The lowest BCUT2D eigenvalue weighted by molar-refractivity contribution is -0.139. The third-order valence-corrected chi connectivity index (χ3v) is 12.7. The first-order valence-electron chi connectivity index (χ1n) is 19.7. The molecule has 296 valence electrons. The molecule has 4 fully saturated rings. The van der Waals surface area contributed by atoms with Gasteiger partial charge in [0.15, 0.2) is 0 Å². The monoisotopic (exact) mass is 793 g/mol. The summed E-state index contributed by atoms with van der Waals surface area (Å²) in [4.78, 5) is 83.9. The Morgan fingerprint density at radius 2 is 1.70 bits per heavy atom. The van der Waals surface area contributed by atoms with Gasteiger partial charge in [0.2, 0.25) is 23.7 Å². The Hall–Kier alpha value is -5.38. The molecule has 0 bridgehead atoms. The summed E-state index contributed by atoms with van der Waals surface area (Å²) in [7, 11) is 0. The van der Waals surface area contributed by atoms with Crippen molar-refractivity contribution in [2.24, 2.45) is 0 Å². The van der Waals surface area contributed by atoms with Crippen molar-refractivity contribution in [1.82, 2.24) is 35.0 Å². The van der Waals surface area contributed by atoms with E-state index in [0.717, 1.165) is 59.4 Å². The van der Waals surface area contributed by atoms with Gasteiger partial charge in [-0.25, -0.2) is 9.97 Å². The van der Waals surface area contributed by atoms with Gasteiger partial charge in [0.05, 0.1) is 40.1 Å². The Labute approximate surface area is 333 Å². The van der Waals surface area contributed by atoms with Crippen molar-refractivity contribution < 1.29 is 29.1 Å². The molecule has 4 N–H and O–H groups in total. The highest BCUT2D eigenvalue weighted by Gasteiger charge is 2.45. The van der Waals surface area contributed by atoms with Gasteiger partial charge in [-0.3, -0.25) is 39.1 Å². The average Bonchev–Trinajstić information content (AvgIpc) is 3.92. The van der Waals surface area contributed by atoms with E-state index in [0.29, 0.717) is 61.7 Å². The molecule has 15 nitrogen and oxygen atoms in total. The number of anilines is 2. The highest BCUT2D eigenvalue weighted by molar-refractivity contribution is 6.33. The van der Waals surface area contributed by atoms with Crippen molar-refractivity contribution in [2.75, 3.05) is 49.5 Å². The molecule has 0 aliphatic carbocycles. The van der Waals surface area contributed by atoms with Gasteiger partial charge < -0.3 is 25.2 Å². The number of benzene rings is 2. The number of amides is 5. The van der Waals surface area contributed by atoms with E-state index in [1.165, 1.54) is 0 Å². The van der Waals surface area contributed by atoms with Crippen molar-refractivity contribution in [2.45, 2.75) is 75.1 Å². The van der Waals surface area contributed by atoms with Crippen molar-refractivity contribution in [1.29, 1.82) is 0 Å². The summed E-state index contributed by atoms with van der Waals surface area (Å²) in [6, 6.07) is 12.6. The zero-order valence-corrected chi connectivity index (χ0v) is 32.1. The van der Waals surface area contributed by atoms with Crippen LogP contribution in [0.3, 0.4) is 0 Å². The van der Waals surface area contributed by atoms with Crippen molar-refractivity contribution in [3.63, 3.8) is 0 Å². The van der Waals surface area contributed by atoms with Crippen LogP contribution in [0.25, 0.3) is 22.2 Å². The number of fused-ring (bicyclic) bond motifs is 2. The van der Waals surface area contributed by atoms with Gasteiger partial charge in [0.25, 0.3) is 11.8 Å². The summed E-state index contributed by atoms with van der Waals surface area (Å²) in [6.45, 7) is 4.04. The van der Waals surface area contributed by atoms with E-state index in [1.54, 1.807) is 24.4 Å². The lowest BCUT2D eigenvalue weighted by atomic mass is 9.87.